The monoisotopic (exact) mass is 463 g/mol. The summed E-state index contributed by atoms with van der Waals surface area (Å²) in [6, 6.07) is 14.4. The van der Waals surface area contributed by atoms with Crippen molar-refractivity contribution in [3.8, 4) is 0 Å². The molecule has 32 heavy (non-hydrogen) atoms. The van der Waals surface area contributed by atoms with Gasteiger partial charge in [0.05, 0.1) is 13.0 Å². The number of aliphatic hydroxyl groups excluding tert-OH is 1. The summed E-state index contributed by atoms with van der Waals surface area (Å²) >= 11 is 0. The lowest BCUT2D eigenvalue weighted by Gasteiger charge is -2.35. The van der Waals surface area contributed by atoms with Crippen molar-refractivity contribution in [1.82, 2.24) is 14.3 Å². The van der Waals surface area contributed by atoms with E-state index in [0.29, 0.717) is 12.1 Å². The van der Waals surface area contributed by atoms with Crippen molar-refractivity contribution in [3.05, 3.63) is 70.8 Å². The third-order valence-corrected chi connectivity index (χ3v) is 6.75. The van der Waals surface area contributed by atoms with Gasteiger partial charge in [0, 0.05) is 18.7 Å². The molecule has 0 bridgehead atoms. The highest BCUT2D eigenvalue weighted by molar-refractivity contribution is 8.20. The molecule has 1 heterocycles. The van der Waals surface area contributed by atoms with E-state index < -0.39 is 23.2 Å². The molecule has 1 fully saturated rings. The Balaban J connectivity index is 1.37. The van der Waals surface area contributed by atoms with Crippen LogP contribution in [-0.4, -0.2) is 54.8 Å². The number of β-amino-alcohol motifs (C(OH)–C–C–N with tert-alkyl or cyclic N) is 1. The maximum atomic E-state index is 12.3. The Morgan fingerprint density at radius 1 is 1.00 bits per heavy atom. The number of aliphatic carboxylic acids is 1. The Morgan fingerprint density at radius 3 is 2.22 bits per heavy atom. The number of rotatable bonds is 10. The Kier molecular flexibility index (Phi) is 8.24. The number of carboxylic acids is 1. The van der Waals surface area contributed by atoms with E-state index in [9.17, 15) is 23.8 Å². The number of unbranched alkanes of at least 4 members (excludes halogenated alkanes) is 1. The van der Waals surface area contributed by atoms with Crippen LogP contribution in [0.1, 0.15) is 39.9 Å². The van der Waals surface area contributed by atoms with E-state index in [1.54, 1.807) is 24.3 Å². The second-order valence-electron chi connectivity index (χ2n) is 7.77. The number of benzene rings is 2. The Morgan fingerprint density at radius 2 is 1.62 bits per heavy atom. The molecule has 9 nitrogen and oxygen atoms in total. The molecule has 1 aliphatic heterocycles. The van der Waals surface area contributed by atoms with E-state index in [0.717, 1.165) is 36.0 Å². The van der Waals surface area contributed by atoms with Crippen LogP contribution in [0, 0.1) is 0 Å². The number of carbonyl (C=O) groups excluding carboxylic acids is 1. The van der Waals surface area contributed by atoms with Crippen LogP contribution in [0.15, 0.2) is 48.5 Å². The average Bonchev–Trinajstić information content (AvgIpc) is 2.99. The van der Waals surface area contributed by atoms with E-state index in [2.05, 4.69) is 10.0 Å². The van der Waals surface area contributed by atoms with Crippen molar-refractivity contribution in [3.63, 3.8) is 0 Å². The van der Waals surface area contributed by atoms with E-state index in [4.69, 9.17) is 5.11 Å². The zero-order valence-corrected chi connectivity index (χ0v) is 18.4. The minimum absolute atomic E-state index is 0.0244. The maximum Gasteiger partial charge on any atom is 0.307 e. The fourth-order valence-corrected chi connectivity index (χ4v) is 4.73. The van der Waals surface area contributed by atoms with Crippen LogP contribution >= 0.6 is 11.0 Å². The highest BCUT2D eigenvalue weighted by Crippen LogP contribution is 2.44. The van der Waals surface area contributed by atoms with Crippen LogP contribution in [0.5, 0.6) is 0 Å². The SMILES string of the molecule is O=C(O)Cc1ccc(CCCCNC(=O)c2ccc(CN3CC(O)NS3(O)O)cc2)cc1. The first-order valence-electron chi connectivity index (χ1n) is 10.4. The Labute approximate surface area is 188 Å². The van der Waals surface area contributed by atoms with Gasteiger partial charge in [-0.2, -0.15) is 9.03 Å². The van der Waals surface area contributed by atoms with Gasteiger partial charge in [0.1, 0.15) is 6.23 Å². The highest BCUT2D eigenvalue weighted by Gasteiger charge is 2.34. The molecule has 1 saturated heterocycles. The van der Waals surface area contributed by atoms with Gasteiger partial charge >= 0.3 is 5.97 Å². The molecule has 0 aliphatic carbocycles. The third-order valence-electron chi connectivity index (χ3n) is 5.16. The molecule has 174 valence electrons. The van der Waals surface area contributed by atoms with Crippen LogP contribution in [-0.2, 0) is 24.2 Å². The molecule has 10 heteroatoms. The molecule has 1 aliphatic rings. The first-order chi connectivity index (χ1) is 15.2. The molecule has 1 unspecified atom stereocenters. The number of hydrogen-bond acceptors (Lipinski definition) is 7. The molecular weight excluding hydrogens is 434 g/mol. The molecule has 0 aromatic heterocycles. The molecule has 0 radical (unpaired) electrons. The lowest BCUT2D eigenvalue weighted by Crippen LogP contribution is -2.26. The van der Waals surface area contributed by atoms with Gasteiger partial charge in [0.25, 0.3) is 5.91 Å². The van der Waals surface area contributed by atoms with E-state index >= 15 is 0 Å². The molecule has 2 aromatic rings. The number of amides is 1. The molecular formula is C22H29N3O6S. The van der Waals surface area contributed by atoms with Crippen molar-refractivity contribution < 1.29 is 28.9 Å². The lowest BCUT2D eigenvalue weighted by atomic mass is 10.0. The summed E-state index contributed by atoms with van der Waals surface area (Å²) in [7, 11) is -3.18. The van der Waals surface area contributed by atoms with Gasteiger partial charge in [-0.15, -0.1) is 0 Å². The van der Waals surface area contributed by atoms with Gasteiger partial charge < -0.3 is 15.5 Å². The quantitative estimate of drug-likeness (QED) is 0.295. The summed E-state index contributed by atoms with van der Waals surface area (Å²) in [5.74, 6) is -1.01. The van der Waals surface area contributed by atoms with Crippen molar-refractivity contribution in [2.75, 3.05) is 13.1 Å². The number of carboxylic acid groups (broad SMARTS) is 1. The van der Waals surface area contributed by atoms with Crippen molar-refractivity contribution >= 4 is 22.8 Å². The summed E-state index contributed by atoms with van der Waals surface area (Å²) in [5, 5.41) is 21.2. The van der Waals surface area contributed by atoms with Crippen LogP contribution < -0.4 is 10.0 Å². The van der Waals surface area contributed by atoms with Crippen molar-refractivity contribution in [2.24, 2.45) is 0 Å². The van der Waals surface area contributed by atoms with Crippen molar-refractivity contribution in [2.45, 2.75) is 38.5 Å². The number of nitrogens with one attached hydrogen (secondary N) is 2. The largest absolute Gasteiger partial charge is 0.481 e. The molecule has 2 aromatic carbocycles. The number of nitrogens with zero attached hydrogens (tertiary/aromatic N) is 1. The molecule has 6 N–H and O–H groups in total. The fourth-order valence-electron chi connectivity index (χ4n) is 3.47. The predicted octanol–water partition coefficient (Wildman–Crippen LogP) is 2.37. The minimum atomic E-state index is -3.18. The molecule has 0 saturated carbocycles. The first kappa shape index (κ1) is 24.2. The normalized spacial score (nSPS) is 18.9. The van der Waals surface area contributed by atoms with E-state index in [1.165, 1.54) is 4.31 Å². The number of aliphatic hydroxyl groups is 1. The predicted molar refractivity (Wildman–Crippen MR) is 122 cm³/mol. The average molecular weight is 464 g/mol. The Hall–Kier alpha value is -2.47. The van der Waals surface area contributed by atoms with Gasteiger partial charge in [0.15, 0.2) is 0 Å². The molecule has 1 atom stereocenters. The van der Waals surface area contributed by atoms with Crippen LogP contribution in [0.25, 0.3) is 0 Å². The van der Waals surface area contributed by atoms with Gasteiger partial charge in [-0.1, -0.05) is 47.4 Å². The first-order valence-corrected chi connectivity index (χ1v) is 11.9. The second-order valence-corrected chi connectivity index (χ2v) is 9.56. The van der Waals surface area contributed by atoms with Gasteiger partial charge in [-0.05, 0) is 48.1 Å². The lowest BCUT2D eigenvalue weighted by molar-refractivity contribution is -0.136. The molecule has 0 spiro atoms. The van der Waals surface area contributed by atoms with Gasteiger partial charge in [0.2, 0.25) is 0 Å². The Bertz CT molecular complexity index is 920. The highest BCUT2D eigenvalue weighted by atomic mass is 32.3. The van der Waals surface area contributed by atoms with E-state index in [1.807, 2.05) is 24.3 Å². The summed E-state index contributed by atoms with van der Waals surface area (Å²) in [4.78, 5) is 23.0. The maximum absolute atomic E-state index is 12.3. The third kappa shape index (κ3) is 7.02. The molecule has 1 amide bonds. The minimum Gasteiger partial charge on any atom is -0.481 e. The summed E-state index contributed by atoms with van der Waals surface area (Å²) in [6.07, 6.45) is 1.62. The van der Waals surface area contributed by atoms with Gasteiger partial charge in [-0.25, -0.2) is 0 Å². The van der Waals surface area contributed by atoms with Crippen LogP contribution in [0.2, 0.25) is 0 Å². The second kappa shape index (κ2) is 10.9. The molecule has 3 rings (SSSR count). The van der Waals surface area contributed by atoms with E-state index in [-0.39, 0.29) is 25.4 Å². The summed E-state index contributed by atoms with van der Waals surface area (Å²) in [5.41, 5.74) is 3.24. The standard InChI is InChI=1S/C22H29N3O6S/c26-20-15-25(32(30,31)24-20)14-18-8-10-19(11-9-18)22(29)23-12-2-1-3-16-4-6-17(7-5-16)13-21(27)28/h4-11,20,24,26,30-31H,1-3,12-15H2,(H,23,29)(H,27,28). The number of carbonyl (C=O) groups is 2. The van der Waals surface area contributed by atoms with Crippen molar-refractivity contribution in [1.29, 1.82) is 0 Å². The smallest absolute Gasteiger partial charge is 0.307 e. The van der Waals surface area contributed by atoms with Crippen LogP contribution in [0.4, 0.5) is 0 Å². The topological polar surface area (TPSA) is 142 Å². The zero-order valence-electron chi connectivity index (χ0n) is 17.6. The fraction of sp³-hybridized carbons (Fsp3) is 0.364. The summed E-state index contributed by atoms with van der Waals surface area (Å²) in [6.45, 7) is 0.901. The number of aryl methyl sites for hydroxylation is 1. The van der Waals surface area contributed by atoms with Crippen LogP contribution in [0.3, 0.4) is 0 Å². The zero-order chi connectivity index (χ0) is 23.1. The number of hydrogen-bond donors (Lipinski definition) is 6. The summed E-state index contributed by atoms with van der Waals surface area (Å²) < 4.78 is 23.5. The van der Waals surface area contributed by atoms with Gasteiger partial charge in [-0.3, -0.25) is 18.7 Å².